The van der Waals surface area contributed by atoms with Crippen LogP contribution in [0.15, 0.2) is 4.99 Å². The van der Waals surface area contributed by atoms with Gasteiger partial charge in [-0.05, 0) is 25.7 Å². The summed E-state index contributed by atoms with van der Waals surface area (Å²) < 4.78 is 4.77. The van der Waals surface area contributed by atoms with Crippen LogP contribution in [0.2, 0.25) is 0 Å². The summed E-state index contributed by atoms with van der Waals surface area (Å²) in [6.45, 7) is 2.43. The fraction of sp³-hybridized carbons (Fsp3) is 0.783. The molecule has 0 bridgehead atoms. The molecular formula is C23H42N5NaO6. The standard InChI is InChI=1S/C23H43N5O6.Na/c1-2-3-4-5-6-7-8-9-10-13-19(29)28-18(12-11-16-27-23(25)26)22(33)34-20(30)15-14-17(24)21(31)32;/h17-18H,2-16,24H2,1H3,(H,28,29)(H,31,32)(H4,25,26,27);/q;+1/p-1/t17-,18-;/m0./s1. The van der Waals surface area contributed by atoms with Gasteiger partial charge in [0.15, 0.2) is 5.96 Å². The monoisotopic (exact) mass is 507 g/mol. The first-order valence-corrected chi connectivity index (χ1v) is 12.2. The van der Waals surface area contributed by atoms with Gasteiger partial charge in [0.05, 0.1) is 5.97 Å². The summed E-state index contributed by atoms with van der Waals surface area (Å²) in [5.74, 6) is -3.74. The molecule has 0 fully saturated rings. The molecule has 0 aliphatic rings. The van der Waals surface area contributed by atoms with Crippen molar-refractivity contribution < 1.29 is 58.6 Å². The minimum Gasteiger partial charge on any atom is -0.548 e. The van der Waals surface area contributed by atoms with E-state index in [4.69, 9.17) is 21.9 Å². The first-order valence-electron chi connectivity index (χ1n) is 12.2. The van der Waals surface area contributed by atoms with Crippen molar-refractivity contribution in [3.8, 4) is 0 Å². The van der Waals surface area contributed by atoms with Crippen molar-refractivity contribution in [1.29, 1.82) is 0 Å². The summed E-state index contributed by atoms with van der Waals surface area (Å²) in [5.41, 5.74) is 15.8. The minimum absolute atomic E-state index is 0. The van der Waals surface area contributed by atoms with Gasteiger partial charge in [0.2, 0.25) is 5.91 Å². The van der Waals surface area contributed by atoms with Gasteiger partial charge in [0, 0.05) is 25.4 Å². The second kappa shape index (κ2) is 22.8. The van der Waals surface area contributed by atoms with Gasteiger partial charge in [0.25, 0.3) is 0 Å². The van der Waals surface area contributed by atoms with E-state index in [0.29, 0.717) is 12.8 Å². The van der Waals surface area contributed by atoms with Crippen molar-refractivity contribution in [3.63, 3.8) is 0 Å². The fourth-order valence-corrected chi connectivity index (χ4v) is 3.24. The van der Waals surface area contributed by atoms with Gasteiger partial charge < -0.3 is 37.2 Å². The van der Waals surface area contributed by atoms with Gasteiger partial charge >= 0.3 is 41.5 Å². The van der Waals surface area contributed by atoms with Crippen LogP contribution in [-0.4, -0.2) is 48.4 Å². The average Bonchev–Trinajstić information content (AvgIpc) is 2.77. The van der Waals surface area contributed by atoms with Gasteiger partial charge in [-0.15, -0.1) is 0 Å². The molecule has 0 radical (unpaired) electrons. The maximum atomic E-state index is 12.4. The number of ether oxygens (including phenoxy) is 1. The van der Waals surface area contributed by atoms with Gasteiger partial charge in [-0.2, -0.15) is 0 Å². The molecule has 7 N–H and O–H groups in total. The van der Waals surface area contributed by atoms with E-state index in [0.717, 1.165) is 19.3 Å². The molecule has 0 aliphatic carbocycles. The van der Waals surface area contributed by atoms with Gasteiger partial charge in [-0.25, -0.2) is 4.79 Å². The summed E-state index contributed by atoms with van der Waals surface area (Å²) in [7, 11) is 0. The number of nitrogens with two attached hydrogens (primary N) is 3. The van der Waals surface area contributed by atoms with E-state index in [2.05, 4.69) is 17.2 Å². The molecule has 0 aromatic carbocycles. The molecule has 2 atom stereocenters. The van der Waals surface area contributed by atoms with E-state index in [1.54, 1.807) is 0 Å². The van der Waals surface area contributed by atoms with Crippen LogP contribution in [0, 0.1) is 0 Å². The normalized spacial score (nSPS) is 12.1. The molecule has 0 spiro atoms. The number of aliphatic carboxylic acids is 1. The van der Waals surface area contributed by atoms with Crippen LogP contribution in [0.5, 0.6) is 0 Å². The Kier molecular flexibility index (Phi) is 23.1. The predicted octanol–water partition coefficient (Wildman–Crippen LogP) is -2.62. The summed E-state index contributed by atoms with van der Waals surface area (Å²) in [5, 5.41) is 13.2. The molecule has 0 aromatic rings. The van der Waals surface area contributed by atoms with Crippen molar-refractivity contribution in [3.05, 3.63) is 0 Å². The number of hydrogen-bond acceptors (Lipinski definition) is 8. The molecule has 0 aliphatic heterocycles. The maximum absolute atomic E-state index is 12.4. The number of amides is 1. The van der Waals surface area contributed by atoms with E-state index in [9.17, 15) is 24.3 Å². The number of nitrogens with zero attached hydrogens (tertiary/aromatic N) is 1. The molecule has 0 heterocycles. The van der Waals surface area contributed by atoms with Gasteiger partial charge in [-0.3, -0.25) is 14.6 Å². The fourth-order valence-electron chi connectivity index (χ4n) is 3.24. The van der Waals surface area contributed by atoms with E-state index in [-0.39, 0.29) is 73.7 Å². The Labute approximate surface area is 230 Å². The zero-order valence-corrected chi connectivity index (χ0v) is 23.4. The number of unbranched alkanes of at least 4 members (excludes halogenated alkanes) is 8. The van der Waals surface area contributed by atoms with Crippen molar-refractivity contribution in [2.75, 3.05) is 6.54 Å². The van der Waals surface area contributed by atoms with Crippen molar-refractivity contribution in [2.45, 2.75) is 109 Å². The van der Waals surface area contributed by atoms with Crippen LogP contribution < -0.4 is 57.2 Å². The van der Waals surface area contributed by atoms with Crippen LogP contribution in [0.25, 0.3) is 0 Å². The average molecular weight is 508 g/mol. The molecule has 11 nitrogen and oxygen atoms in total. The first kappa shape index (κ1) is 35.5. The summed E-state index contributed by atoms with van der Waals surface area (Å²) in [6.07, 6.45) is 10.3. The quantitative estimate of drug-likeness (QED) is 0.0339. The van der Waals surface area contributed by atoms with Gasteiger partial charge in [-0.1, -0.05) is 58.3 Å². The Balaban J connectivity index is 0. The van der Waals surface area contributed by atoms with E-state index >= 15 is 0 Å². The van der Waals surface area contributed by atoms with E-state index in [1.165, 1.54) is 32.1 Å². The number of hydrogen-bond donors (Lipinski definition) is 4. The van der Waals surface area contributed by atoms with Crippen LogP contribution in [0.3, 0.4) is 0 Å². The van der Waals surface area contributed by atoms with E-state index in [1.807, 2.05) is 0 Å². The molecule has 12 heteroatoms. The number of carboxylic acid groups (broad SMARTS) is 1. The molecule has 0 saturated carbocycles. The second-order valence-corrected chi connectivity index (χ2v) is 8.40. The third-order valence-electron chi connectivity index (χ3n) is 5.25. The largest absolute Gasteiger partial charge is 1.00 e. The van der Waals surface area contributed by atoms with Gasteiger partial charge in [0.1, 0.15) is 6.04 Å². The number of guanidine groups is 1. The number of carbonyl (C=O) groups is 4. The minimum atomic E-state index is -1.50. The predicted molar refractivity (Wildman–Crippen MR) is 127 cm³/mol. The smallest absolute Gasteiger partial charge is 0.548 e. The third kappa shape index (κ3) is 21.3. The Morgan fingerprint density at radius 3 is 2.00 bits per heavy atom. The number of esters is 2. The van der Waals surface area contributed by atoms with E-state index < -0.39 is 30.0 Å². The number of nitrogens with one attached hydrogen (secondary N) is 1. The van der Waals surface area contributed by atoms with Crippen LogP contribution >= 0.6 is 0 Å². The van der Waals surface area contributed by atoms with Crippen LogP contribution in [0.4, 0.5) is 0 Å². The third-order valence-corrected chi connectivity index (χ3v) is 5.25. The number of carboxylic acids is 1. The Morgan fingerprint density at radius 2 is 1.46 bits per heavy atom. The summed E-state index contributed by atoms with van der Waals surface area (Å²) in [6, 6.07) is -2.38. The molecule has 0 unspecified atom stereocenters. The Bertz CT molecular complexity index is 658. The number of carbonyl (C=O) groups excluding carboxylic acids is 4. The van der Waals surface area contributed by atoms with Crippen LogP contribution in [0.1, 0.15) is 96.8 Å². The Morgan fingerprint density at radius 1 is 0.886 bits per heavy atom. The maximum Gasteiger partial charge on any atom is 1.00 e. The van der Waals surface area contributed by atoms with Crippen LogP contribution in [-0.2, 0) is 23.9 Å². The number of rotatable bonds is 20. The molecular weight excluding hydrogens is 465 g/mol. The first-order chi connectivity index (χ1) is 16.2. The summed E-state index contributed by atoms with van der Waals surface area (Å²) in [4.78, 5) is 51.1. The molecule has 196 valence electrons. The SMILES string of the molecule is CCCCCCCCCCCC(=O)N[C@@H](CCCN=C(N)N)C(=O)OC(=O)CC[C@H](N)C(=O)[O-].[Na+]. The van der Waals surface area contributed by atoms with Crippen molar-refractivity contribution in [1.82, 2.24) is 5.32 Å². The van der Waals surface area contributed by atoms with Crippen molar-refractivity contribution >= 4 is 29.8 Å². The molecule has 0 aromatic heterocycles. The second-order valence-electron chi connectivity index (χ2n) is 8.40. The molecule has 1 amide bonds. The van der Waals surface area contributed by atoms with Crippen molar-refractivity contribution in [2.24, 2.45) is 22.2 Å². The zero-order chi connectivity index (χ0) is 25.8. The topological polar surface area (TPSA) is 203 Å². The zero-order valence-electron chi connectivity index (χ0n) is 21.4. The molecule has 0 saturated heterocycles. The Hall–Kier alpha value is -1.69. The summed E-state index contributed by atoms with van der Waals surface area (Å²) >= 11 is 0. The number of aliphatic imine (C=N–C) groups is 1. The molecule has 0 rings (SSSR count). The molecule has 35 heavy (non-hydrogen) atoms.